The Morgan fingerprint density at radius 1 is 1.07 bits per heavy atom. The fourth-order valence-electron chi connectivity index (χ4n) is 4.93. The second-order valence-electron chi connectivity index (χ2n) is 10.2. The van der Waals surface area contributed by atoms with E-state index in [2.05, 4.69) is 54.7 Å². The van der Waals surface area contributed by atoms with Crippen LogP contribution >= 0.6 is 11.6 Å². The Kier molecular flexibility index (Phi) is 8.88. The largest absolute Gasteiger partial charge is 0.495 e. The molecule has 0 aliphatic carbocycles. The molecular formula is C29H36ClN7O3. The molecule has 5 rings (SSSR count). The van der Waals surface area contributed by atoms with Gasteiger partial charge in [-0.15, -0.1) is 0 Å². The number of rotatable bonds is 8. The Labute approximate surface area is 240 Å². The number of fused-ring (bicyclic) bond motifs is 1. The van der Waals surface area contributed by atoms with Crippen LogP contribution in [-0.4, -0.2) is 92.8 Å². The third-order valence-electron chi connectivity index (χ3n) is 7.25. The summed E-state index contributed by atoms with van der Waals surface area (Å²) in [5.41, 5.74) is 5.23. The summed E-state index contributed by atoms with van der Waals surface area (Å²) in [4.78, 5) is 27.4. The second kappa shape index (κ2) is 12.7. The molecule has 0 unspecified atom stereocenters. The number of carbonyl (C=O) groups excluding carboxylic acids is 1. The number of morpholine rings is 1. The van der Waals surface area contributed by atoms with Crippen LogP contribution in [0.5, 0.6) is 5.75 Å². The van der Waals surface area contributed by atoms with Gasteiger partial charge in [-0.3, -0.25) is 9.69 Å². The SMILES string of the molecule is COc1cc2c(cc1Nc1ncc(Cl)c(Nc3cccc(N4CCOCC4)c3)n1)CCN(CC(=O)N(C)C)CC2. The van der Waals surface area contributed by atoms with Crippen LogP contribution in [0.4, 0.5) is 28.8 Å². The van der Waals surface area contributed by atoms with E-state index in [4.69, 9.17) is 21.1 Å². The Morgan fingerprint density at radius 3 is 2.55 bits per heavy atom. The molecule has 1 saturated heterocycles. The van der Waals surface area contributed by atoms with Gasteiger partial charge in [-0.1, -0.05) is 17.7 Å². The average Bonchev–Trinajstić information content (AvgIpc) is 3.16. The predicted molar refractivity (Wildman–Crippen MR) is 159 cm³/mol. The molecule has 1 amide bonds. The number of hydrogen-bond donors (Lipinski definition) is 2. The average molecular weight is 566 g/mol. The van der Waals surface area contributed by atoms with Gasteiger partial charge >= 0.3 is 0 Å². The molecule has 2 N–H and O–H groups in total. The molecule has 2 aliphatic rings. The number of likely N-dealkylation sites (N-methyl/N-ethyl adjacent to an activating group) is 1. The van der Waals surface area contributed by atoms with Crippen molar-refractivity contribution in [2.24, 2.45) is 0 Å². The summed E-state index contributed by atoms with van der Waals surface area (Å²) in [5, 5.41) is 7.09. The van der Waals surface area contributed by atoms with Gasteiger partial charge in [0.25, 0.3) is 0 Å². The zero-order valence-corrected chi connectivity index (χ0v) is 24.0. The molecule has 1 fully saturated rings. The number of benzene rings is 2. The van der Waals surface area contributed by atoms with E-state index in [0.29, 0.717) is 29.1 Å². The summed E-state index contributed by atoms with van der Waals surface area (Å²) < 4.78 is 11.2. The molecule has 2 aliphatic heterocycles. The number of amides is 1. The van der Waals surface area contributed by atoms with Crippen LogP contribution < -0.4 is 20.3 Å². The van der Waals surface area contributed by atoms with Crippen LogP contribution in [0.2, 0.25) is 5.02 Å². The number of halogens is 1. The van der Waals surface area contributed by atoms with E-state index >= 15 is 0 Å². The van der Waals surface area contributed by atoms with Crippen LogP contribution in [0.1, 0.15) is 11.1 Å². The Hall–Kier alpha value is -3.60. The monoisotopic (exact) mass is 565 g/mol. The van der Waals surface area contributed by atoms with Crippen LogP contribution in [0, 0.1) is 0 Å². The molecule has 11 heteroatoms. The predicted octanol–water partition coefficient (Wildman–Crippen LogP) is 3.95. The van der Waals surface area contributed by atoms with Gasteiger partial charge in [-0.05, 0) is 54.3 Å². The molecule has 212 valence electrons. The highest BCUT2D eigenvalue weighted by Gasteiger charge is 2.20. The number of hydrogen-bond acceptors (Lipinski definition) is 9. The standard InChI is InChI=1S/C29H36ClN7O3/c1-35(2)27(38)19-36-9-7-20-15-25(26(39-3)16-21(20)8-10-36)33-29-31-18-24(30)28(34-29)32-22-5-4-6-23(17-22)37-11-13-40-14-12-37/h4-6,15-18H,7-14,19H2,1-3H3,(H2,31,32,33,34). The number of nitrogens with one attached hydrogen (secondary N) is 2. The van der Waals surface area contributed by atoms with Gasteiger partial charge in [0.05, 0.1) is 38.8 Å². The molecule has 2 aromatic carbocycles. The molecule has 0 radical (unpaired) electrons. The van der Waals surface area contributed by atoms with Gasteiger partial charge in [0.2, 0.25) is 11.9 Å². The highest BCUT2D eigenvalue weighted by molar-refractivity contribution is 6.32. The lowest BCUT2D eigenvalue weighted by atomic mass is 10.0. The topological polar surface area (TPSA) is 95.1 Å². The number of aromatic nitrogens is 2. The van der Waals surface area contributed by atoms with Crippen molar-refractivity contribution in [2.45, 2.75) is 12.8 Å². The zero-order chi connectivity index (χ0) is 28.1. The van der Waals surface area contributed by atoms with E-state index in [1.807, 2.05) is 12.1 Å². The zero-order valence-electron chi connectivity index (χ0n) is 23.2. The Bertz CT molecular complexity index is 1350. The lowest BCUT2D eigenvalue weighted by molar-refractivity contribution is -0.129. The number of carbonyl (C=O) groups is 1. The van der Waals surface area contributed by atoms with Crippen molar-refractivity contribution in [3.05, 3.63) is 58.7 Å². The molecule has 0 saturated carbocycles. The van der Waals surface area contributed by atoms with Crippen molar-refractivity contribution in [1.82, 2.24) is 19.8 Å². The van der Waals surface area contributed by atoms with E-state index in [0.717, 1.165) is 69.3 Å². The molecule has 0 bridgehead atoms. The molecule has 0 atom stereocenters. The molecule has 10 nitrogen and oxygen atoms in total. The van der Waals surface area contributed by atoms with Crippen molar-refractivity contribution in [3.8, 4) is 5.75 Å². The van der Waals surface area contributed by atoms with E-state index in [-0.39, 0.29) is 5.91 Å². The molecular weight excluding hydrogens is 530 g/mol. The maximum Gasteiger partial charge on any atom is 0.236 e. The molecule has 3 heterocycles. The quantitative estimate of drug-likeness (QED) is 0.421. The van der Waals surface area contributed by atoms with E-state index in [1.54, 1.807) is 32.3 Å². The summed E-state index contributed by atoms with van der Waals surface area (Å²) in [7, 11) is 5.24. The fraction of sp³-hybridized carbons (Fsp3) is 0.414. The molecule has 40 heavy (non-hydrogen) atoms. The molecule has 1 aromatic heterocycles. The second-order valence-corrected chi connectivity index (χ2v) is 10.6. The van der Waals surface area contributed by atoms with Crippen molar-refractivity contribution < 1.29 is 14.3 Å². The molecule has 3 aromatic rings. The summed E-state index contributed by atoms with van der Waals surface area (Å²) in [6.45, 7) is 5.24. The Balaban J connectivity index is 1.32. The van der Waals surface area contributed by atoms with Crippen LogP contribution in [0.15, 0.2) is 42.6 Å². The van der Waals surface area contributed by atoms with Gasteiger partial charge in [0.1, 0.15) is 10.8 Å². The fourth-order valence-corrected chi connectivity index (χ4v) is 5.07. The first kappa shape index (κ1) is 27.9. The summed E-state index contributed by atoms with van der Waals surface area (Å²) in [6, 6.07) is 12.3. The molecule has 0 spiro atoms. The number of ether oxygens (including phenoxy) is 2. The van der Waals surface area contributed by atoms with Gasteiger partial charge in [-0.2, -0.15) is 4.98 Å². The highest BCUT2D eigenvalue weighted by Crippen LogP contribution is 2.33. The van der Waals surface area contributed by atoms with Crippen molar-refractivity contribution >= 4 is 46.3 Å². The van der Waals surface area contributed by atoms with Crippen molar-refractivity contribution in [1.29, 1.82) is 0 Å². The minimum atomic E-state index is 0.114. The van der Waals surface area contributed by atoms with Crippen molar-refractivity contribution in [3.63, 3.8) is 0 Å². The normalized spacial score (nSPS) is 15.7. The first-order valence-corrected chi connectivity index (χ1v) is 13.9. The van der Waals surface area contributed by atoms with Gasteiger partial charge in [-0.25, -0.2) is 4.98 Å². The van der Waals surface area contributed by atoms with E-state index in [9.17, 15) is 4.79 Å². The maximum absolute atomic E-state index is 12.2. The summed E-state index contributed by atoms with van der Waals surface area (Å²) >= 11 is 6.48. The van der Waals surface area contributed by atoms with Crippen molar-refractivity contribution in [2.75, 3.05) is 82.7 Å². The van der Waals surface area contributed by atoms with Gasteiger partial charge < -0.3 is 29.9 Å². The lowest BCUT2D eigenvalue weighted by Crippen LogP contribution is -2.37. The minimum absolute atomic E-state index is 0.114. The highest BCUT2D eigenvalue weighted by atomic mass is 35.5. The number of anilines is 5. The Morgan fingerprint density at radius 2 is 1.82 bits per heavy atom. The summed E-state index contributed by atoms with van der Waals surface area (Å²) in [6.07, 6.45) is 3.27. The summed E-state index contributed by atoms with van der Waals surface area (Å²) in [5.74, 6) is 1.74. The van der Waals surface area contributed by atoms with E-state index < -0.39 is 0 Å². The number of nitrogens with zero attached hydrogens (tertiary/aromatic N) is 5. The smallest absolute Gasteiger partial charge is 0.236 e. The van der Waals surface area contributed by atoms with Gasteiger partial charge in [0.15, 0.2) is 5.82 Å². The van der Waals surface area contributed by atoms with Crippen LogP contribution in [0.3, 0.4) is 0 Å². The first-order valence-electron chi connectivity index (χ1n) is 13.5. The van der Waals surface area contributed by atoms with E-state index in [1.165, 1.54) is 11.1 Å². The number of methoxy groups -OCH3 is 1. The van der Waals surface area contributed by atoms with Crippen LogP contribution in [-0.2, 0) is 22.4 Å². The lowest BCUT2D eigenvalue weighted by Gasteiger charge is -2.29. The minimum Gasteiger partial charge on any atom is -0.495 e. The maximum atomic E-state index is 12.2. The van der Waals surface area contributed by atoms with Crippen LogP contribution in [0.25, 0.3) is 0 Å². The first-order chi connectivity index (χ1) is 19.4. The third-order valence-corrected chi connectivity index (χ3v) is 7.53. The van der Waals surface area contributed by atoms with Gasteiger partial charge in [0, 0.05) is 51.6 Å². The third kappa shape index (κ3) is 6.75.